The third-order valence-corrected chi connectivity index (χ3v) is 3.63. The minimum absolute atomic E-state index is 0.223. The van der Waals surface area contributed by atoms with E-state index in [2.05, 4.69) is 65.1 Å². The number of benzene rings is 1. The zero-order valence-corrected chi connectivity index (χ0v) is 13.6. The molecule has 1 nitrogen and oxygen atoms in total. The van der Waals surface area contributed by atoms with Gasteiger partial charge in [-0.2, -0.15) is 0 Å². The third-order valence-electron chi connectivity index (χ3n) is 3.63. The quantitative estimate of drug-likeness (QED) is 0.676. The first-order valence-electron chi connectivity index (χ1n) is 7.72. The van der Waals surface area contributed by atoms with Crippen LogP contribution in [0.5, 0.6) is 0 Å². The molecule has 0 radical (unpaired) electrons. The van der Waals surface area contributed by atoms with E-state index in [0.29, 0.717) is 0 Å². The first-order chi connectivity index (χ1) is 8.84. The number of hydrogen-bond donors (Lipinski definition) is 1. The maximum absolute atomic E-state index is 3.63. The van der Waals surface area contributed by atoms with E-state index in [-0.39, 0.29) is 5.41 Å². The number of hydrogen-bond acceptors (Lipinski definition) is 1. The molecule has 0 unspecified atom stereocenters. The highest BCUT2D eigenvalue weighted by molar-refractivity contribution is 5.54. The van der Waals surface area contributed by atoms with Crippen molar-refractivity contribution in [3.63, 3.8) is 0 Å². The highest BCUT2D eigenvalue weighted by atomic mass is 14.9. The summed E-state index contributed by atoms with van der Waals surface area (Å²) in [6.45, 7) is 14.7. The molecule has 0 fully saturated rings. The average molecular weight is 261 g/mol. The lowest BCUT2D eigenvalue weighted by Gasteiger charge is -2.22. The number of anilines is 1. The molecule has 0 aliphatic heterocycles. The molecule has 0 bridgehead atoms. The van der Waals surface area contributed by atoms with E-state index in [4.69, 9.17) is 0 Å². The van der Waals surface area contributed by atoms with Crippen LogP contribution in [0.3, 0.4) is 0 Å². The van der Waals surface area contributed by atoms with Crippen molar-refractivity contribution in [2.45, 2.75) is 66.2 Å². The van der Waals surface area contributed by atoms with Crippen LogP contribution >= 0.6 is 0 Å². The van der Waals surface area contributed by atoms with Gasteiger partial charge in [-0.25, -0.2) is 0 Å². The molecule has 0 aliphatic carbocycles. The lowest BCUT2D eigenvalue weighted by atomic mass is 9.86. The molecule has 1 aromatic rings. The molecular weight excluding hydrogens is 230 g/mol. The maximum atomic E-state index is 3.63. The summed E-state index contributed by atoms with van der Waals surface area (Å²) in [5.41, 5.74) is 4.40. The minimum Gasteiger partial charge on any atom is -0.385 e. The van der Waals surface area contributed by atoms with Crippen LogP contribution < -0.4 is 5.32 Å². The van der Waals surface area contributed by atoms with E-state index in [0.717, 1.165) is 18.9 Å². The van der Waals surface area contributed by atoms with Crippen LogP contribution in [0.4, 0.5) is 5.69 Å². The molecule has 0 amide bonds. The van der Waals surface area contributed by atoms with Gasteiger partial charge in [-0.15, -0.1) is 0 Å². The topological polar surface area (TPSA) is 12.0 Å². The predicted octanol–water partition coefficient (Wildman–Crippen LogP) is 5.39. The Labute approximate surface area is 119 Å². The van der Waals surface area contributed by atoms with Crippen molar-refractivity contribution in [2.75, 3.05) is 11.9 Å². The van der Waals surface area contributed by atoms with Crippen LogP contribution in [0.25, 0.3) is 0 Å². The minimum atomic E-state index is 0.223. The van der Waals surface area contributed by atoms with Crippen LogP contribution in [0.15, 0.2) is 18.2 Å². The van der Waals surface area contributed by atoms with E-state index in [1.54, 1.807) is 0 Å². The van der Waals surface area contributed by atoms with Gasteiger partial charge in [0.25, 0.3) is 0 Å². The molecule has 1 N–H and O–H groups in total. The summed E-state index contributed by atoms with van der Waals surface area (Å²) in [5.74, 6) is 0.799. The fraction of sp³-hybridized carbons (Fsp3) is 0.667. The molecule has 0 saturated carbocycles. The van der Waals surface area contributed by atoms with Crippen LogP contribution in [0, 0.1) is 5.92 Å². The molecule has 0 atom stereocenters. The van der Waals surface area contributed by atoms with Gasteiger partial charge in [-0.3, -0.25) is 0 Å². The fourth-order valence-corrected chi connectivity index (χ4v) is 2.25. The van der Waals surface area contributed by atoms with E-state index >= 15 is 0 Å². The van der Waals surface area contributed by atoms with Crippen LogP contribution in [-0.2, 0) is 11.8 Å². The second-order valence-corrected chi connectivity index (χ2v) is 6.94. The summed E-state index contributed by atoms with van der Waals surface area (Å²) in [5, 5.41) is 3.63. The smallest absolute Gasteiger partial charge is 0.0375 e. The van der Waals surface area contributed by atoms with Crippen molar-refractivity contribution in [3.8, 4) is 0 Å². The van der Waals surface area contributed by atoms with Crippen LogP contribution in [0.1, 0.15) is 65.5 Å². The molecule has 0 aliphatic rings. The summed E-state index contributed by atoms with van der Waals surface area (Å²) >= 11 is 0. The van der Waals surface area contributed by atoms with Gasteiger partial charge in [0, 0.05) is 12.2 Å². The Morgan fingerprint density at radius 1 is 1.16 bits per heavy atom. The lowest BCUT2D eigenvalue weighted by molar-refractivity contribution is 0.566. The first-order valence-corrected chi connectivity index (χ1v) is 7.72. The Hall–Kier alpha value is -0.980. The standard InChI is InChI=1S/C18H31N/c1-7-15-10-11-16(18(4,5)6)13-17(15)19-12-8-9-14(2)3/h10-11,13-14,19H,7-9,12H2,1-6H3. The summed E-state index contributed by atoms with van der Waals surface area (Å²) in [7, 11) is 0. The zero-order chi connectivity index (χ0) is 14.5. The third kappa shape index (κ3) is 5.26. The van der Waals surface area contributed by atoms with E-state index in [1.165, 1.54) is 29.7 Å². The van der Waals surface area contributed by atoms with Crippen molar-refractivity contribution in [3.05, 3.63) is 29.3 Å². The van der Waals surface area contributed by atoms with Crippen molar-refractivity contribution in [1.29, 1.82) is 0 Å². The van der Waals surface area contributed by atoms with E-state index in [9.17, 15) is 0 Å². The summed E-state index contributed by atoms with van der Waals surface area (Å²) in [4.78, 5) is 0. The summed E-state index contributed by atoms with van der Waals surface area (Å²) in [6, 6.07) is 6.90. The van der Waals surface area contributed by atoms with E-state index in [1.807, 2.05) is 0 Å². The highest BCUT2D eigenvalue weighted by Gasteiger charge is 2.15. The van der Waals surface area contributed by atoms with Gasteiger partial charge in [0.15, 0.2) is 0 Å². The molecule has 1 heteroatoms. The molecule has 0 saturated heterocycles. The molecular formula is C18H31N. The van der Waals surface area contributed by atoms with Gasteiger partial charge in [-0.1, -0.05) is 53.7 Å². The molecule has 0 aromatic heterocycles. The number of rotatable bonds is 6. The molecule has 1 rings (SSSR count). The largest absolute Gasteiger partial charge is 0.385 e. The average Bonchev–Trinajstić information content (AvgIpc) is 2.33. The van der Waals surface area contributed by atoms with Gasteiger partial charge in [-0.05, 0) is 47.8 Å². The predicted molar refractivity (Wildman–Crippen MR) is 87.1 cm³/mol. The Morgan fingerprint density at radius 2 is 1.84 bits per heavy atom. The van der Waals surface area contributed by atoms with Gasteiger partial charge >= 0.3 is 0 Å². The van der Waals surface area contributed by atoms with Gasteiger partial charge in [0.05, 0.1) is 0 Å². The number of nitrogens with one attached hydrogen (secondary N) is 1. The highest BCUT2D eigenvalue weighted by Crippen LogP contribution is 2.27. The first kappa shape index (κ1) is 16.1. The molecule has 19 heavy (non-hydrogen) atoms. The van der Waals surface area contributed by atoms with Crippen molar-refractivity contribution in [2.24, 2.45) is 5.92 Å². The molecule has 0 spiro atoms. The lowest BCUT2D eigenvalue weighted by Crippen LogP contribution is -2.13. The Bertz CT molecular complexity index is 385. The van der Waals surface area contributed by atoms with Gasteiger partial charge in [0.1, 0.15) is 0 Å². The summed E-state index contributed by atoms with van der Waals surface area (Å²) in [6.07, 6.45) is 3.64. The Balaban J connectivity index is 2.73. The van der Waals surface area contributed by atoms with E-state index < -0.39 is 0 Å². The van der Waals surface area contributed by atoms with Crippen LogP contribution in [-0.4, -0.2) is 6.54 Å². The van der Waals surface area contributed by atoms with Crippen molar-refractivity contribution in [1.82, 2.24) is 0 Å². The number of aryl methyl sites for hydroxylation is 1. The maximum Gasteiger partial charge on any atom is 0.0375 e. The Morgan fingerprint density at radius 3 is 2.37 bits per heavy atom. The second kappa shape index (κ2) is 6.98. The van der Waals surface area contributed by atoms with Crippen LogP contribution in [0.2, 0.25) is 0 Å². The molecule has 0 heterocycles. The summed E-state index contributed by atoms with van der Waals surface area (Å²) < 4.78 is 0. The second-order valence-electron chi connectivity index (χ2n) is 6.94. The normalized spacial score (nSPS) is 11.9. The van der Waals surface area contributed by atoms with Crippen molar-refractivity contribution >= 4 is 5.69 Å². The Kier molecular flexibility index (Phi) is 5.90. The van der Waals surface area contributed by atoms with Gasteiger partial charge in [0.2, 0.25) is 0 Å². The SMILES string of the molecule is CCc1ccc(C(C)(C)C)cc1NCCCC(C)C. The molecule has 1 aromatic carbocycles. The van der Waals surface area contributed by atoms with Gasteiger partial charge < -0.3 is 5.32 Å². The monoisotopic (exact) mass is 261 g/mol. The van der Waals surface area contributed by atoms with Crippen molar-refractivity contribution < 1.29 is 0 Å². The molecule has 108 valence electrons. The zero-order valence-electron chi connectivity index (χ0n) is 13.6. The fourth-order valence-electron chi connectivity index (χ4n) is 2.25.